The van der Waals surface area contributed by atoms with E-state index in [0.29, 0.717) is 19.3 Å². The molecule has 0 radical (unpaired) electrons. The second-order valence-electron chi connectivity index (χ2n) is 18.5. The Morgan fingerprint density at radius 3 is 1.00 bits per heavy atom. The Morgan fingerprint density at radius 1 is 0.313 bits per heavy atom. The van der Waals surface area contributed by atoms with Crippen LogP contribution < -0.4 is 0 Å². The van der Waals surface area contributed by atoms with Crippen LogP contribution in [-0.2, 0) is 28.6 Å². The molecule has 0 saturated heterocycles. The first-order valence-corrected chi connectivity index (χ1v) is 28.1. The number of hydrogen-bond donors (Lipinski definition) is 0. The van der Waals surface area contributed by atoms with Crippen LogP contribution in [0.15, 0.2) is 85.1 Å². The minimum absolute atomic E-state index is 0.0957. The minimum atomic E-state index is -0.803. The van der Waals surface area contributed by atoms with Crippen LogP contribution in [-0.4, -0.2) is 37.2 Å². The molecule has 0 amide bonds. The van der Waals surface area contributed by atoms with Crippen LogP contribution >= 0.6 is 0 Å². The highest BCUT2D eigenvalue weighted by atomic mass is 16.6. The summed E-state index contributed by atoms with van der Waals surface area (Å²) >= 11 is 0. The number of ether oxygens (including phenoxy) is 3. The lowest BCUT2D eigenvalue weighted by Gasteiger charge is -2.18. The van der Waals surface area contributed by atoms with Gasteiger partial charge in [-0.1, -0.05) is 241 Å². The lowest BCUT2D eigenvalue weighted by atomic mass is 10.0. The smallest absolute Gasteiger partial charge is 0.306 e. The van der Waals surface area contributed by atoms with Gasteiger partial charge >= 0.3 is 17.9 Å². The van der Waals surface area contributed by atoms with Gasteiger partial charge in [-0.05, 0) is 89.9 Å². The Kier molecular flexibility index (Phi) is 52.4. The molecule has 1 atom stereocenters. The Hall–Kier alpha value is -3.41. The summed E-state index contributed by atoms with van der Waals surface area (Å²) in [5.74, 6) is -0.958. The second kappa shape index (κ2) is 55.2. The summed E-state index contributed by atoms with van der Waals surface area (Å²) in [5, 5.41) is 0. The maximum absolute atomic E-state index is 12.8. The van der Waals surface area contributed by atoms with Crippen molar-refractivity contribution in [2.45, 2.75) is 271 Å². The first-order valence-electron chi connectivity index (χ1n) is 28.1. The molecule has 0 bridgehead atoms. The number of unbranched alkanes of at least 4 members (excludes halogenated alkanes) is 25. The predicted octanol–water partition coefficient (Wildman–Crippen LogP) is 18.8. The molecule has 0 aliphatic carbocycles. The van der Waals surface area contributed by atoms with E-state index < -0.39 is 6.10 Å². The van der Waals surface area contributed by atoms with Gasteiger partial charge in [0.1, 0.15) is 13.2 Å². The monoisotopic (exact) mass is 933 g/mol. The molecule has 6 heteroatoms. The van der Waals surface area contributed by atoms with E-state index in [-0.39, 0.29) is 37.5 Å². The number of hydrogen-bond acceptors (Lipinski definition) is 6. The van der Waals surface area contributed by atoms with Crippen LogP contribution in [0.2, 0.25) is 0 Å². The highest BCUT2D eigenvalue weighted by Gasteiger charge is 2.19. The fourth-order valence-electron chi connectivity index (χ4n) is 7.68. The van der Waals surface area contributed by atoms with Gasteiger partial charge in [0.15, 0.2) is 6.10 Å². The van der Waals surface area contributed by atoms with Gasteiger partial charge in [0.2, 0.25) is 0 Å². The van der Waals surface area contributed by atoms with E-state index in [4.69, 9.17) is 14.2 Å². The molecule has 384 valence electrons. The average molecular weight is 933 g/mol. The highest BCUT2D eigenvalue weighted by molar-refractivity contribution is 5.71. The SMILES string of the molecule is CC/C=C/C/C=C/C/C=C/C/C=C/C/C=C/CCCC(=O)OC[C@@H](COC(=O)CCCCCCCCCCCCCCCCC)OC(=O)CCCCCCCCC/C=C/C/C=C/CCCCC. The van der Waals surface area contributed by atoms with Crippen molar-refractivity contribution in [2.75, 3.05) is 13.2 Å². The van der Waals surface area contributed by atoms with Crippen LogP contribution in [0.3, 0.4) is 0 Å². The largest absolute Gasteiger partial charge is 0.462 e. The van der Waals surface area contributed by atoms with Crippen LogP contribution in [0, 0.1) is 0 Å². The fraction of sp³-hybridized carbons (Fsp3) is 0.721. The zero-order valence-electron chi connectivity index (χ0n) is 43.9. The minimum Gasteiger partial charge on any atom is -0.462 e. The fourth-order valence-corrected chi connectivity index (χ4v) is 7.68. The summed E-state index contributed by atoms with van der Waals surface area (Å²) in [6.07, 6.45) is 71.4. The molecule has 0 aromatic carbocycles. The predicted molar refractivity (Wildman–Crippen MR) is 288 cm³/mol. The Labute approximate surface area is 414 Å². The van der Waals surface area contributed by atoms with Gasteiger partial charge < -0.3 is 14.2 Å². The summed E-state index contributed by atoms with van der Waals surface area (Å²) in [6, 6.07) is 0. The molecule has 67 heavy (non-hydrogen) atoms. The molecule has 0 aliphatic rings. The van der Waals surface area contributed by atoms with Crippen LogP contribution in [0.1, 0.15) is 265 Å². The quantitative estimate of drug-likeness (QED) is 0.0262. The lowest BCUT2D eigenvalue weighted by molar-refractivity contribution is -0.167. The van der Waals surface area contributed by atoms with Gasteiger partial charge in [0, 0.05) is 19.3 Å². The third-order valence-electron chi connectivity index (χ3n) is 11.9. The number of esters is 3. The van der Waals surface area contributed by atoms with Crippen molar-refractivity contribution in [3.8, 4) is 0 Å². The van der Waals surface area contributed by atoms with Gasteiger partial charge in [-0.3, -0.25) is 14.4 Å². The maximum Gasteiger partial charge on any atom is 0.306 e. The van der Waals surface area contributed by atoms with E-state index in [9.17, 15) is 14.4 Å². The van der Waals surface area contributed by atoms with E-state index in [1.807, 2.05) is 0 Å². The summed E-state index contributed by atoms with van der Waals surface area (Å²) in [5.41, 5.74) is 0. The Morgan fingerprint density at radius 2 is 0.597 bits per heavy atom. The van der Waals surface area contributed by atoms with E-state index >= 15 is 0 Å². The van der Waals surface area contributed by atoms with E-state index in [2.05, 4.69) is 106 Å². The van der Waals surface area contributed by atoms with Crippen molar-refractivity contribution < 1.29 is 28.6 Å². The summed E-state index contributed by atoms with van der Waals surface area (Å²) in [7, 11) is 0. The maximum atomic E-state index is 12.8. The lowest BCUT2D eigenvalue weighted by Crippen LogP contribution is -2.30. The molecule has 6 nitrogen and oxygen atoms in total. The van der Waals surface area contributed by atoms with Crippen molar-refractivity contribution in [1.82, 2.24) is 0 Å². The molecular formula is C61H104O6. The molecule has 0 aliphatic heterocycles. The average Bonchev–Trinajstić information content (AvgIpc) is 3.33. The summed E-state index contributed by atoms with van der Waals surface area (Å²) in [6.45, 7) is 6.46. The van der Waals surface area contributed by atoms with Crippen molar-refractivity contribution in [3.05, 3.63) is 85.1 Å². The number of rotatable bonds is 50. The van der Waals surface area contributed by atoms with Gasteiger partial charge in [-0.25, -0.2) is 0 Å². The van der Waals surface area contributed by atoms with Crippen molar-refractivity contribution in [1.29, 1.82) is 0 Å². The molecule has 0 aromatic rings. The standard InChI is InChI=1S/C61H104O6/c1-4-7-10-13-16-19-22-25-28-30-33-36-39-42-45-48-51-54-60(63)66-57-58(56-65-59(62)53-50-47-44-41-38-35-32-27-24-21-18-15-12-9-6-3)67-61(64)55-52-49-46-43-40-37-34-31-29-26-23-20-17-14-11-8-5-2/h7,10,16-17,19-20,25-26,28-29,33,36,42,45,58H,4-6,8-9,11-15,18,21-24,27,30-32,34-35,37-41,43-44,46-57H2,1-3H3/b10-7+,19-16+,20-17+,28-25+,29-26+,36-33+,45-42+/t58-/m1/s1. The molecule has 0 spiro atoms. The number of carbonyl (C=O) groups excluding carboxylic acids is 3. The summed E-state index contributed by atoms with van der Waals surface area (Å²) < 4.78 is 16.8. The molecule has 0 fully saturated rings. The van der Waals surface area contributed by atoms with Crippen molar-refractivity contribution in [3.63, 3.8) is 0 Å². The van der Waals surface area contributed by atoms with Crippen LogP contribution in [0.25, 0.3) is 0 Å². The molecule has 0 rings (SSSR count). The van der Waals surface area contributed by atoms with Gasteiger partial charge in [-0.15, -0.1) is 0 Å². The van der Waals surface area contributed by atoms with Gasteiger partial charge in [0.25, 0.3) is 0 Å². The normalized spacial score (nSPS) is 12.7. The first-order chi connectivity index (χ1) is 33.0. The Bertz CT molecular complexity index is 1300. The second-order valence-corrected chi connectivity index (χ2v) is 18.5. The molecule has 0 saturated carbocycles. The molecule has 0 N–H and O–H groups in total. The summed E-state index contributed by atoms with van der Waals surface area (Å²) in [4.78, 5) is 38.1. The molecule has 0 aromatic heterocycles. The first kappa shape index (κ1) is 63.6. The molecular weight excluding hydrogens is 829 g/mol. The highest BCUT2D eigenvalue weighted by Crippen LogP contribution is 2.15. The van der Waals surface area contributed by atoms with E-state index in [1.54, 1.807) is 0 Å². The van der Waals surface area contributed by atoms with Crippen molar-refractivity contribution >= 4 is 17.9 Å². The zero-order valence-corrected chi connectivity index (χ0v) is 43.9. The third-order valence-corrected chi connectivity index (χ3v) is 11.9. The number of carbonyl (C=O) groups is 3. The van der Waals surface area contributed by atoms with Gasteiger partial charge in [0.05, 0.1) is 0 Å². The Balaban J connectivity index is 4.48. The van der Waals surface area contributed by atoms with E-state index in [0.717, 1.165) is 89.9 Å². The third kappa shape index (κ3) is 53.4. The van der Waals surface area contributed by atoms with Gasteiger partial charge in [-0.2, -0.15) is 0 Å². The van der Waals surface area contributed by atoms with Crippen molar-refractivity contribution in [2.24, 2.45) is 0 Å². The zero-order chi connectivity index (χ0) is 48.6. The van der Waals surface area contributed by atoms with E-state index in [1.165, 1.54) is 128 Å². The van der Waals surface area contributed by atoms with Crippen LogP contribution in [0.4, 0.5) is 0 Å². The van der Waals surface area contributed by atoms with Crippen LogP contribution in [0.5, 0.6) is 0 Å². The molecule has 0 heterocycles. The number of allylic oxidation sites excluding steroid dienone is 14. The topological polar surface area (TPSA) is 78.9 Å². The molecule has 0 unspecified atom stereocenters.